The lowest BCUT2D eigenvalue weighted by atomic mass is 10.1. The molecule has 0 fully saturated rings. The molecule has 0 saturated carbocycles. The molecule has 2 rings (SSSR count). The van der Waals surface area contributed by atoms with Crippen LogP contribution in [0.15, 0.2) is 23.2 Å². The molecule has 28 heavy (non-hydrogen) atoms. The van der Waals surface area contributed by atoms with Crippen LogP contribution < -0.4 is 20.1 Å². The standard InChI is InChI=1S/C20H30N4O2S.HI/c1-6-25-17-9-8-16(12-18(17)26-7-2)10-11-22-20(21-5)23-13-19-14(3)24-15(4)27-19;/h8-9,12H,6-7,10-11,13H2,1-5H3,(H2,21,22,23);1H. The number of benzene rings is 1. The molecule has 0 spiro atoms. The summed E-state index contributed by atoms with van der Waals surface area (Å²) < 4.78 is 11.3. The fourth-order valence-electron chi connectivity index (χ4n) is 2.70. The van der Waals surface area contributed by atoms with E-state index >= 15 is 0 Å². The van der Waals surface area contributed by atoms with Crippen molar-refractivity contribution in [2.75, 3.05) is 26.8 Å². The highest BCUT2D eigenvalue weighted by Crippen LogP contribution is 2.28. The summed E-state index contributed by atoms with van der Waals surface area (Å²) in [6.07, 6.45) is 0.867. The molecular weight excluding hydrogens is 487 g/mol. The smallest absolute Gasteiger partial charge is 0.191 e. The van der Waals surface area contributed by atoms with E-state index in [1.54, 1.807) is 18.4 Å². The normalized spacial score (nSPS) is 11.0. The molecule has 0 unspecified atom stereocenters. The SMILES string of the molecule is CCOc1ccc(CCNC(=NC)NCc2sc(C)nc2C)cc1OCC.I. The van der Waals surface area contributed by atoms with E-state index in [1.807, 2.05) is 33.8 Å². The van der Waals surface area contributed by atoms with Gasteiger partial charge in [0.2, 0.25) is 0 Å². The fraction of sp³-hybridized carbons (Fsp3) is 0.500. The monoisotopic (exact) mass is 518 g/mol. The van der Waals surface area contributed by atoms with E-state index in [-0.39, 0.29) is 24.0 Å². The summed E-state index contributed by atoms with van der Waals surface area (Å²) in [5.41, 5.74) is 2.28. The van der Waals surface area contributed by atoms with Gasteiger partial charge in [0.1, 0.15) is 0 Å². The molecule has 2 aromatic rings. The molecule has 0 atom stereocenters. The molecule has 0 saturated heterocycles. The van der Waals surface area contributed by atoms with E-state index < -0.39 is 0 Å². The van der Waals surface area contributed by atoms with E-state index in [9.17, 15) is 0 Å². The molecule has 1 heterocycles. The van der Waals surface area contributed by atoms with Gasteiger partial charge in [-0.05, 0) is 51.8 Å². The molecule has 0 amide bonds. The van der Waals surface area contributed by atoms with Gasteiger partial charge < -0.3 is 20.1 Å². The van der Waals surface area contributed by atoms with Gasteiger partial charge in [-0.3, -0.25) is 4.99 Å². The zero-order chi connectivity index (χ0) is 19.6. The quantitative estimate of drug-likeness (QED) is 0.298. The molecule has 1 aromatic heterocycles. The number of nitrogens with one attached hydrogen (secondary N) is 2. The highest BCUT2D eigenvalue weighted by molar-refractivity contribution is 14.0. The van der Waals surface area contributed by atoms with Gasteiger partial charge in [-0.1, -0.05) is 6.07 Å². The van der Waals surface area contributed by atoms with Crippen molar-refractivity contribution < 1.29 is 9.47 Å². The Kier molecular flexibility index (Phi) is 11.2. The number of ether oxygens (including phenoxy) is 2. The lowest BCUT2D eigenvalue weighted by molar-refractivity contribution is 0.287. The van der Waals surface area contributed by atoms with E-state index in [4.69, 9.17) is 9.47 Å². The fourth-order valence-corrected chi connectivity index (χ4v) is 3.58. The molecule has 2 N–H and O–H groups in total. The molecule has 8 heteroatoms. The first kappa shape index (κ1) is 24.5. The number of rotatable bonds is 9. The van der Waals surface area contributed by atoms with Crippen LogP contribution in [-0.2, 0) is 13.0 Å². The molecule has 0 radical (unpaired) electrons. The number of hydrogen-bond donors (Lipinski definition) is 2. The minimum absolute atomic E-state index is 0. The highest BCUT2D eigenvalue weighted by atomic mass is 127. The Morgan fingerprint density at radius 2 is 1.82 bits per heavy atom. The largest absolute Gasteiger partial charge is 0.490 e. The number of aryl methyl sites for hydroxylation is 2. The van der Waals surface area contributed by atoms with E-state index in [1.165, 1.54) is 10.4 Å². The van der Waals surface area contributed by atoms with E-state index in [0.29, 0.717) is 13.2 Å². The number of halogens is 1. The van der Waals surface area contributed by atoms with Crippen molar-refractivity contribution in [1.29, 1.82) is 0 Å². The van der Waals surface area contributed by atoms with Crippen LogP contribution in [0.1, 0.15) is 35.0 Å². The van der Waals surface area contributed by atoms with Crippen molar-refractivity contribution in [3.8, 4) is 11.5 Å². The van der Waals surface area contributed by atoms with Gasteiger partial charge in [-0.15, -0.1) is 35.3 Å². The maximum absolute atomic E-state index is 5.69. The first-order chi connectivity index (χ1) is 13.1. The average Bonchev–Trinajstić information content (AvgIpc) is 2.97. The Balaban J connectivity index is 0.00000392. The summed E-state index contributed by atoms with van der Waals surface area (Å²) in [6, 6.07) is 6.11. The second-order valence-corrected chi connectivity index (χ2v) is 7.28. The molecule has 1 aromatic carbocycles. The van der Waals surface area contributed by atoms with Crippen LogP contribution in [-0.4, -0.2) is 37.7 Å². The third-order valence-electron chi connectivity index (χ3n) is 3.95. The first-order valence-corrected chi connectivity index (χ1v) is 10.1. The van der Waals surface area contributed by atoms with Crippen LogP contribution in [0.4, 0.5) is 0 Å². The molecular formula is C20H31IN4O2S. The summed E-state index contributed by atoms with van der Waals surface area (Å²) in [5.74, 6) is 2.38. The number of hydrogen-bond acceptors (Lipinski definition) is 5. The van der Waals surface area contributed by atoms with Crippen molar-refractivity contribution in [3.05, 3.63) is 39.3 Å². The van der Waals surface area contributed by atoms with Gasteiger partial charge in [0.25, 0.3) is 0 Å². The lowest BCUT2D eigenvalue weighted by Crippen LogP contribution is -2.37. The number of thiazole rings is 1. The van der Waals surface area contributed by atoms with Crippen molar-refractivity contribution in [2.45, 2.75) is 40.7 Å². The third-order valence-corrected chi connectivity index (χ3v) is 5.03. The Hall–Kier alpha value is -1.55. The van der Waals surface area contributed by atoms with Crippen molar-refractivity contribution in [1.82, 2.24) is 15.6 Å². The molecule has 156 valence electrons. The Bertz CT molecular complexity index is 765. The summed E-state index contributed by atoms with van der Waals surface area (Å²) >= 11 is 1.72. The van der Waals surface area contributed by atoms with Crippen molar-refractivity contribution in [3.63, 3.8) is 0 Å². The number of nitrogens with zero attached hydrogens (tertiary/aromatic N) is 2. The van der Waals surface area contributed by atoms with E-state index in [2.05, 4.69) is 32.7 Å². The summed E-state index contributed by atoms with van der Waals surface area (Å²) in [5, 5.41) is 7.80. The predicted octanol–water partition coefficient (Wildman–Crippen LogP) is 4.08. The van der Waals surface area contributed by atoms with Crippen LogP contribution >= 0.6 is 35.3 Å². The van der Waals surface area contributed by atoms with Gasteiger partial charge in [-0.2, -0.15) is 0 Å². The predicted molar refractivity (Wildman–Crippen MR) is 128 cm³/mol. The van der Waals surface area contributed by atoms with Gasteiger partial charge in [0.15, 0.2) is 17.5 Å². The van der Waals surface area contributed by atoms with E-state index in [0.717, 1.165) is 47.7 Å². The minimum atomic E-state index is 0. The minimum Gasteiger partial charge on any atom is -0.490 e. The zero-order valence-electron chi connectivity index (χ0n) is 17.3. The summed E-state index contributed by atoms with van der Waals surface area (Å²) in [7, 11) is 1.78. The van der Waals surface area contributed by atoms with Crippen molar-refractivity contribution >= 4 is 41.3 Å². The highest BCUT2D eigenvalue weighted by Gasteiger charge is 2.08. The molecule has 6 nitrogen and oxygen atoms in total. The maximum Gasteiger partial charge on any atom is 0.191 e. The van der Waals surface area contributed by atoms with Crippen LogP contribution in [0.5, 0.6) is 11.5 Å². The second-order valence-electron chi connectivity index (χ2n) is 5.99. The van der Waals surface area contributed by atoms with Gasteiger partial charge in [0.05, 0.1) is 30.5 Å². The van der Waals surface area contributed by atoms with Gasteiger partial charge in [0, 0.05) is 18.5 Å². The molecule has 0 aliphatic rings. The van der Waals surface area contributed by atoms with Crippen LogP contribution in [0.2, 0.25) is 0 Å². The Labute approximate surface area is 189 Å². The maximum atomic E-state index is 5.69. The topological polar surface area (TPSA) is 67.8 Å². The molecule has 0 aliphatic carbocycles. The van der Waals surface area contributed by atoms with Crippen LogP contribution in [0.25, 0.3) is 0 Å². The number of guanidine groups is 1. The Morgan fingerprint density at radius 3 is 2.43 bits per heavy atom. The molecule has 0 aliphatic heterocycles. The average molecular weight is 518 g/mol. The number of aliphatic imine (C=N–C) groups is 1. The zero-order valence-corrected chi connectivity index (χ0v) is 20.4. The summed E-state index contributed by atoms with van der Waals surface area (Å²) in [4.78, 5) is 9.99. The lowest BCUT2D eigenvalue weighted by Gasteiger charge is -2.14. The second kappa shape index (κ2) is 12.8. The number of aromatic nitrogens is 1. The van der Waals surface area contributed by atoms with Crippen LogP contribution in [0.3, 0.4) is 0 Å². The first-order valence-electron chi connectivity index (χ1n) is 9.33. The van der Waals surface area contributed by atoms with Gasteiger partial charge in [-0.25, -0.2) is 4.98 Å². The Morgan fingerprint density at radius 1 is 1.11 bits per heavy atom. The van der Waals surface area contributed by atoms with Crippen LogP contribution in [0, 0.1) is 13.8 Å². The summed E-state index contributed by atoms with van der Waals surface area (Å²) in [6.45, 7) is 10.8. The van der Waals surface area contributed by atoms with Gasteiger partial charge >= 0.3 is 0 Å². The third kappa shape index (κ3) is 7.46. The van der Waals surface area contributed by atoms with Crippen molar-refractivity contribution in [2.24, 2.45) is 4.99 Å². The molecule has 0 bridgehead atoms.